The molecule has 0 atom stereocenters. The summed E-state index contributed by atoms with van der Waals surface area (Å²) in [6.07, 6.45) is 0. The van der Waals surface area contributed by atoms with Gasteiger partial charge in [0.1, 0.15) is 0 Å². The Bertz CT molecular complexity index is 384. The van der Waals surface area contributed by atoms with Crippen LogP contribution in [0, 0.1) is 0 Å². The number of nitrogens with zero attached hydrogens (tertiary/aromatic N) is 2. The monoisotopic (exact) mass is 176 g/mol. The van der Waals surface area contributed by atoms with Gasteiger partial charge in [0.25, 0.3) is 5.95 Å². The standard InChI is InChI=1S/C8H8N4O/c9-7-11-8(13-12-7)10-6-4-2-1-3-5-6/h1-5H,(H3,9,10,11,12). The van der Waals surface area contributed by atoms with Gasteiger partial charge in [0, 0.05) is 5.69 Å². The zero-order valence-electron chi connectivity index (χ0n) is 6.77. The predicted molar refractivity (Wildman–Crippen MR) is 48.4 cm³/mol. The molecule has 5 nitrogen and oxygen atoms in total. The van der Waals surface area contributed by atoms with Crippen LogP contribution in [0.4, 0.5) is 17.7 Å². The molecule has 0 bridgehead atoms. The Balaban J connectivity index is 2.15. The molecule has 0 spiro atoms. The summed E-state index contributed by atoms with van der Waals surface area (Å²) in [7, 11) is 0. The summed E-state index contributed by atoms with van der Waals surface area (Å²) in [6, 6.07) is 9.81. The van der Waals surface area contributed by atoms with Crippen molar-refractivity contribution in [1.82, 2.24) is 10.1 Å². The summed E-state index contributed by atoms with van der Waals surface area (Å²) >= 11 is 0. The van der Waals surface area contributed by atoms with Crippen molar-refractivity contribution in [2.45, 2.75) is 0 Å². The highest BCUT2D eigenvalue weighted by molar-refractivity contribution is 5.51. The molecule has 0 unspecified atom stereocenters. The lowest BCUT2D eigenvalue weighted by molar-refractivity contribution is 0.436. The van der Waals surface area contributed by atoms with E-state index in [0.29, 0.717) is 6.01 Å². The van der Waals surface area contributed by atoms with E-state index < -0.39 is 0 Å². The van der Waals surface area contributed by atoms with Gasteiger partial charge >= 0.3 is 6.01 Å². The molecule has 1 heterocycles. The van der Waals surface area contributed by atoms with Crippen molar-refractivity contribution in [1.29, 1.82) is 0 Å². The minimum atomic E-state index is 0.124. The molecule has 0 saturated heterocycles. The number of nitrogens with one attached hydrogen (secondary N) is 1. The third kappa shape index (κ3) is 1.76. The van der Waals surface area contributed by atoms with E-state index in [4.69, 9.17) is 10.3 Å². The smallest absolute Gasteiger partial charge is 0.327 e. The van der Waals surface area contributed by atoms with Crippen LogP contribution >= 0.6 is 0 Å². The van der Waals surface area contributed by atoms with Gasteiger partial charge in [-0.2, -0.15) is 4.98 Å². The van der Waals surface area contributed by atoms with Crippen molar-refractivity contribution in [2.24, 2.45) is 0 Å². The van der Waals surface area contributed by atoms with Crippen LogP contribution in [0.15, 0.2) is 34.9 Å². The lowest BCUT2D eigenvalue weighted by atomic mass is 10.3. The number of nitrogens with two attached hydrogens (primary N) is 1. The minimum Gasteiger partial charge on any atom is -0.365 e. The molecule has 0 saturated carbocycles. The van der Waals surface area contributed by atoms with Gasteiger partial charge in [-0.15, -0.1) is 0 Å². The van der Waals surface area contributed by atoms with Crippen molar-refractivity contribution in [3.8, 4) is 0 Å². The summed E-state index contributed by atoms with van der Waals surface area (Å²) < 4.78 is 4.77. The van der Waals surface area contributed by atoms with E-state index in [9.17, 15) is 0 Å². The summed E-state index contributed by atoms with van der Waals surface area (Å²) in [5, 5.41) is 6.35. The van der Waals surface area contributed by atoms with Gasteiger partial charge in [0.05, 0.1) is 0 Å². The fourth-order valence-electron chi connectivity index (χ4n) is 0.931. The number of para-hydroxylation sites is 1. The molecule has 0 fully saturated rings. The zero-order valence-corrected chi connectivity index (χ0v) is 6.77. The van der Waals surface area contributed by atoms with E-state index in [1.807, 2.05) is 30.3 Å². The summed E-state index contributed by atoms with van der Waals surface area (Å²) in [5.41, 5.74) is 6.16. The van der Waals surface area contributed by atoms with Crippen molar-refractivity contribution in [3.05, 3.63) is 30.3 Å². The second kappa shape index (κ2) is 3.14. The third-order valence-electron chi connectivity index (χ3n) is 1.47. The Kier molecular flexibility index (Phi) is 1.84. The molecule has 0 aliphatic carbocycles. The summed E-state index contributed by atoms with van der Waals surface area (Å²) in [4.78, 5) is 3.79. The third-order valence-corrected chi connectivity index (χ3v) is 1.47. The van der Waals surface area contributed by atoms with Crippen molar-refractivity contribution >= 4 is 17.7 Å². The molecule has 1 aromatic heterocycles. The second-order valence-corrected chi connectivity index (χ2v) is 2.45. The molecule has 2 aromatic rings. The van der Waals surface area contributed by atoms with Crippen LogP contribution in [-0.4, -0.2) is 10.1 Å². The molecule has 13 heavy (non-hydrogen) atoms. The van der Waals surface area contributed by atoms with E-state index in [2.05, 4.69) is 15.5 Å². The maximum atomic E-state index is 5.28. The van der Waals surface area contributed by atoms with Gasteiger partial charge in [-0.25, -0.2) is 0 Å². The van der Waals surface area contributed by atoms with Crippen molar-refractivity contribution in [3.63, 3.8) is 0 Å². The first-order valence-corrected chi connectivity index (χ1v) is 3.76. The molecule has 1 aromatic carbocycles. The lowest BCUT2D eigenvalue weighted by Crippen LogP contribution is -1.90. The van der Waals surface area contributed by atoms with E-state index in [-0.39, 0.29) is 5.95 Å². The highest BCUT2D eigenvalue weighted by Gasteiger charge is 2.01. The number of benzene rings is 1. The topological polar surface area (TPSA) is 77.0 Å². The number of hydrogen-bond acceptors (Lipinski definition) is 5. The maximum Gasteiger partial charge on any atom is 0.327 e. The van der Waals surface area contributed by atoms with E-state index in [1.54, 1.807) is 0 Å². The van der Waals surface area contributed by atoms with Gasteiger partial charge in [-0.3, -0.25) is 0 Å². The van der Waals surface area contributed by atoms with Crippen LogP contribution in [0.25, 0.3) is 0 Å². The highest BCUT2D eigenvalue weighted by Crippen LogP contribution is 2.13. The molecule has 5 heteroatoms. The zero-order chi connectivity index (χ0) is 9.10. The molecular weight excluding hydrogens is 168 g/mol. The quantitative estimate of drug-likeness (QED) is 0.723. The Hall–Kier alpha value is -2.04. The van der Waals surface area contributed by atoms with E-state index in [0.717, 1.165) is 5.69 Å². The number of nitrogen functional groups attached to an aromatic ring is 1. The highest BCUT2D eigenvalue weighted by atomic mass is 16.5. The molecule has 3 N–H and O–H groups in total. The fraction of sp³-hybridized carbons (Fsp3) is 0. The minimum absolute atomic E-state index is 0.124. The Morgan fingerprint density at radius 1 is 1.23 bits per heavy atom. The average molecular weight is 176 g/mol. The fourth-order valence-corrected chi connectivity index (χ4v) is 0.931. The lowest BCUT2D eigenvalue weighted by Gasteiger charge is -1.97. The average Bonchev–Trinajstić information content (AvgIpc) is 2.53. The van der Waals surface area contributed by atoms with Crippen LogP contribution in [0.5, 0.6) is 0 Å². The molecule has 0 radical (unpaired) electrons. The van der Waals surface area contributed by atoms with Gasteiger partial charge < -0.3 is 15.6 Å². The molecule has 2 rings (SSSR count). The van der Waals surface area contributed by atoms with Crippen LogP contribution in [-0.2, 0) is 0 Å². The number of aromatic nitrogens is 2. The van der Waals surface area contributed by atoms with Crippen LogP contribution in [0.2, 0.25) is 0 Å². The molecule has 66 valence electrons. The van der Waals surface area contributed by atoms with Gasteiger partial charge in [-0.05, 0) is 17.3 Å². The first-order chi connectivity index (χ1) is 6.34. The van der Waals surface area contributed by atoms with Crippen LogP contribution in [0.3, 0.4) is 0 Å². The van der Waals surface area contributed by atoms with E-state index >= 15 is 0 Å². The number of anilines is 3. The van der Waals surface area contributed by atoms with Crippen molar-refractivity contribution in [2.75, 3.05) is 11.1 Å². The Morgan fingerprint density at radius 2 is 2.00 bits per heavy atom. The Morgan fingerprint density at radius 3 is 2.62 bits per heavy atom. The normalized spacial score (nSPS) is 9.85. The molecular formula is C8H8N4O. The largest absolute Gasteiger partial charge is 0.365 e. The predicted octanol–water partition coefficient (Wildman–Crippen LogP) is 1.40. The summed E-state index contributed by atoms with van der Waals surface area (Å²) in [6.45, 7) is 0. The summed E-state index contributed by atoms with van der Waals surface area (Å²) in [5.74, 6) is 0.124. The number of hydrogen-bond donors (Lipinski definition) is 2. The first kappa shape index (κ1) is 7.60. The van der Waals surface area contributed by atoms with E-state index in [1.165, 1.54) is 0 Å². The van der Waals surface area contributed by atoms with Gasteiger partial charge in [-0.1, -0.05) is 18.2 Å². The molecule has 0 amide bonds. The first-order valence-electron chi connectivity index (χ1n) is 3.76. The van der Waals surface area contributed by atoms with Crippen LogP contribution < -0.4 is 11.1 Å². The number of rotatable bonds is 2. The van der Waals surface area contributed by atoms with Gasteiger partial charge in [0.15, 0.2) is 0 Å². The Labute approximate surface area is 74.6 Å². The maximum absolute atomic E-state index is 5.28. The van der Waals surface area contributed by atoms with Crippen molar-refractivity contribution < 1.29 is 4.52 Å². The molecule has 0 aliphatic heterocycles. The SMILES string of the molecule is Nc1noc(Nc2ccccc2)n1. The van der Waals surface area contributed by atoms with Gasteiger partial charge in [0.2, 0.25) is 0 Å². The second-order valence-electron chi connectivity index (χ2n) is 2.45. The molecule has 0 aliphatic rings. The van der Waals surface area contributed by atoms with Crippen LogP contribution in [0.1, 0.15) is 0 Å².